The van der Waals surface area contributed by atoms with Crippen LogP contribution in [0.5, 0.6) is 0 Å². The molecule has 0 aliphatic carbocycles. The molecule has 0 spiro atoms. The van der Waals surface area contributed by atoms with Gasteiger partial charge in [0.1, 0.15) is 0 Å². The Hall–Kier alpha value is -2.22. The summed E-state index contributed by atoms with van der Waals surface area (Å²) >= 11 is 1.59. The predicted octanol–water partition coefficient (Wildman–Crippen LogP) is 3.52. The number of hydrogen-bond acceptors (Lipinski definition) is 6. The topological polar surface area (TPSA) is 89.3 Å². The number of allylic oxidation sites excluding steroid dienone is 1. The SMILES string of the molecule is C=C(CC)N(N)/C=C(\N)C(NSC(C)(C)C)c1cccc2c(=O)n(C)ccc12. The zero-order valence-corrected chi connectivity index (χ0v) is 18.1. The Morgan fingerprint density at radius 3 is 2.64 bits per heavy atom. The van der Waals surface area contributed by atoms with Gasteiger partial charge in [-0.1, -0.05) is 37.6 Å². The number of fused-ring (bicyclic) bond motifs is 1. The Morgan fingerprint density at radius 1 is 1.36 bits per heavy atom. The molecule has 1 atom stereocenters. The zero-order valence-electron chi connectivity index (χ0n) is 17.3. The van der Waals surface area contributed by atoms with Crippen LogP contribution < -0.4 is 21.9 Å². The first-order chi connectivity index (χ1) is 13.0. The third-order valence-corrected chi connectivity index (χ3v) is 5.31. The number of nitrogens with two attached hydrogens (primary N) is 2. The summed E-state index contributed by atoms with van der Waals surface area (Å²) < 4.78 is 5.02. The monoisotopic (exact) mass is 401 g/mol. The van der Waals surface area contributed by atoms with Crippen molar-refractivity contribution in [3.8, 4) is 0 Å². The van der Waals surface area contributed by atoms with Gasteiger partial charge in [-0.25, -0.2) is 5.84 Å². The van der Waals surface area contributed by atoms with Gasteiger partial charge in [-0.05, 0) is 50.3 Å². The van der Waals surface area contributed by atoms with Gasteiger partial charge in [-0.15, -0.1) is 0 Å². The van der Waals surface area contributed by atoms with E-state index in [0.29, 0.717) is 11.1 Å². The number of nitrogens with one attached hydrogen (secondary N) is 1. The molecule has 1 aromatic carbocycles. The largest absolute Gasteiger partial charge is 0.399 e. The lowest BCUT2D eigenvalue weighted by molar-refractivity contribution is 0.468. The number of pyridine rings is 1. The number of aryl methyl sites for hydroxylation is 1. The molecule has 7 heteroatoms. The van der Waals surface area contributed by atoms with Gasteiger partial charge in [-0.3, -0.25) is 14.5 Å². The molecule has 0 radical (unpaired) electrons. The molecule has 1 unspecified atom stereocenters. The van der Waals surface area contributed by atoms with Crippen molar-refractivity contribution >= 4 is 22.7 Å². The van der Waals surface area contributed by atoms with Gasteiger partial charge in [-0.2, -0.15) is 0 Å². The van der Waals surface area contributed by atoms with Crippen LogP contribution in [0.1, 0.15) is 45.7 Å². The van der Waals surface area contributed by atoms with Crippen molar-refractivity contribution < 1.29 is 0 Å². The first kappa shape index (κ1) is 22.1. The van der Waals surface area contributed by atoms with Crippen LogP contribution in [0.2, 0.25) is 0 Å². The summed E-state index contributed by atoms with van der Waals surface area (Å²) in [5.74, 6) is 6.07. The molecule has 0 amide bonds. The lowest BCUT2D eigenvalue weighted by Gasteiger charge is -2.27. The Labute approximate surface area is 171 Å². The van der Waals surface area contributed by atoms with E-state index in [-0.39, 0.29) is 16.3 Å². The van der Waals surface area contributed by atoms with E-state index in [2.05, 4.69) is 32.1 Å². The molecule has 152 valence electrons. The van der Waals surface area contributed by atoms with Crippen LogP contribution in [0.4, 0.5) is 0 Å². The van der Waals surface area contributed by atoms with Crippen LogP contribution in [0.15, 0.2) is 59.4 Å². The zero-order chi connectivity index (χ0) is 21.1. The van der Waals surface area contributed by atoms with E-state index in [1.807, 2.05) is 31.2 Å². The maximum absolute atomic E-state index is 12.5. The normalized spacial score (nSPS) is 13.6. The van der Waals surface area contributed by atoms with Gasteiger partial charge in [0, 0.05) is 41.0 Å². The van der Waals surface area contributed by atoms with E-state index in [1.54, 1.807) is 36.0 Å². The highest BCUT2D eigenvalue weighted by atomic mass is 32.2. The number of hydrogen-bond donors (Lipinski definition) is 3. The Balaban J connectivity index is 2.58. The first-order valence-electron chi connectivity index (χ1n) is 9.26. The summed E-state index contributed by atoms with van der Waals surface area (Å²) in [6.45, 7) is 12.3. The van der Waals surface area contributed by atoms with Crippen LogP contribution >= 0.6 is 11.9 Å². The Kier molecular flexibility index (Phi) is 6.98. The molecule has 1 aromatic heterocycles. The van der Waals surface area contributed by atoms with Crippen LogP contribution in [-0.4, -0.2) is 14.3 Å². The summed E-state index contributed by atoms with van der Waals surface area (Å²) in [5.41, 5.74) is 8.66. The summed E-state index contributed by atoms with van der Waals surface area (Å²) in [5, 5.41) is 2.98. The number of benzene rings is 1. The van der Waals surface area contributed by atoms with Crippen molar-refractivity contribution in [3.05, 3.63) is 70.6 Å². The second kappa shape index (κ2) is 8.86. The minimum atomic E-state index is -0.323. The van der Waals surface area contributed by atoms with E-state index in [4.69, 9.17) is 11.6 Å². The number of aromatic nitrogens is 1. The van der Waals surface area contributed by atoms with Crippen molar-refractivity contribution in [2.24, 2.45) is 18.6 Å². The maximum Gasteiger partial charge on any atom is 0.258 e. The highest BCUT2D eigenvalue weighted by Gasteiger charge is 2.22. The summed E-state index contributed by atoms with van der Waals surface area (Å²) in [7, 11) is 1.75. The quantitative estimate of drug-likeness (QED) is 0.374. The van der Waals surface area contributed by atoms with Crippen LogP contribution in [0, 0.1) is 0 Å². The minimum absolute atomic E-state index is 0.0192. The molecule has 0 fully saturated rings. The van der Waals surface area contributed by atoms with Crippen molar-refractivity contribution in [1.29, 1.82) is 0 Å². The van der Waals surface area contributed by atoms with Gasteiger partial charge >= 0.3 is 0 Å². The smallest absolute Gasteiger partial charge is 0.258 e. The van der Waals surface area contributed by atoms with Gasteiger partial charge in [0.25, 0.3) is 5.56 Å². The standard InChI is InChI=1S/C21H31N5OS/c1-7-14(2)26(23)13-18(22)19(24-28-21(3,4)5)16-9-8-10-17-15(16)11-12-25(6)20(17)27/h8-13,19,24H,2,7,22-23H2,1,3-6H3/b18-13-. The van der Waals surface area contributed by atoms with Gasteiger partial charge in [0.15, 0.2) is 0 Å². The lowest BCUT2D eigenvalue weighted by atomic mass is 9.98. The summed E-state index contributed by atoms with van der Waals surface area (Å²) in [6, 6.07) is 7.33. The maximum atomic E-state index is 12.5. The van der Waals surface area contributed by atoms with Crippen LogP contribution in [-0.2, 0) is 7.05 Å². The van der Waals surface area contributed by atoms with E-state index < -0.39 is 0 Å². The Morgan fingerprint density at radius 2 is 2.04 bits per heavy atom. The van der Waals surface area contributed by atoms with Crippen molar-refractivity contribution in [2.45, 2.75) is 44.9 Å². The van der Waals surface area contributed by atoms with Gasteiger partial charge < -0.3 is 10.3 Å². The fourth-order valence-corrected chi connectivity index (χ4v) is 3.44. The van der Waals surface area contributed by atoms with Crippen molar-refractivity contribution in [2.75, 3.05) is 0 Å². The third kappa shape index (κ3) is 5.19. The van der Waals surface area contributed by atoms with E-state index in [1.165, 1.54) is 5.01 Å². The van der Waals surface area contributed by atoms with Crippen molar-refractivity contribution in [1.82, 2.24) is 14.3 Å². The van der Waals surface area contributed by atoms with Gasteiger partial charge in [0.05, 0.1) is 6.04 Å². The number of rotatable bonds is 7. The molecule has 2 rings (SSSR count). The lowest BCUT2D eigenvalue weighted by Crippen LogP contribution is -2.30. The van der Waals surface area contributed by atoms with Crippen molar-refractivity contribution in [3.63, 3.8) is 0 Å². The molecule has 2 aromatic rings. The average molecular weight is 402 g/mol. The predicted molar refractivity (Wildman–Crippen MR) is 120 cm³/mol. The summed E-state index contributed by atoms with van der Waals surface area (Å²) in [4.78, 5) is 12.5. The summed E-state index contributed by atoms with van der Waals surface area (Å²) in [6.07, 6.45) is 4.18. The number of hydrazine groups is 1. The van der Waals surface area contributed by atoms with E-state index in [9.17, 15) is 4.79 Å². The number of nitrogens with zero attached hydrogens (tertiary/aromatic N) is 2. The van der Waals surface area contributed by atoms with Crippen LogP contribution in [0.3, 0.4) is 0 Å². The molecular weight excluding hydrogens is 370 g/mol. The van der Waals surface area contributed by atoms with E-state index >= 15 is 0 Å². The second-order valence-electron chi connectivity index (χ2n) is 7.76. The Bertz CT molecular complexity index is 942. The molecule has 0 saturated carbocycles. The fraction of sp³-hybridized carbons (Fsp3) is 0.381. The van der Waals surface area contributed by atoms with E-state index in [0.717, 1.165) is 23.1 Å². The highest BCUT2D eigenvalue weighted by Crippen LogP contribution is 2.31. The third-order valence-electron chi connectivity index (χ3n) is 4.34. The molecule has 0 aliphatic heterocycles. The molecule has 5 N–H and O–H groups in total. The minimum Gasteiger partial charge on any atom is -0.399 e. The molecule has 0 saturated heterocycles. The molecule has 0 aliphatic rings. The van der Waals surface area contributed by atoms with Crippen LogP contribution in [0.25, 0.3) is 10.8 Å². The second-order valence-corrected chi connectivity index (χ2v) is 9.43. The highest BCUT2D eigenvalue weighted by molar-refractivity contribution is 7.98. The molecule has 1 heterocycles. The average Bonchev–Trinajstić information content (AvgIpc) is 2.63. The fourth-order valence-electron chi connectivity index (χ4n) is 2.71. The molecule has 0 bridgehead atoms. The van der Waals surface area contributed by atoms with Gasteiger partial charge in [0.2, 0.25) is 0 Å². The molecule has 6 nitrogen and oxygen atoms in total. The molecular formula is C21H31N5OS. The first-order valence-corrected chi connectivity index (χ1v) is 10.1. The molecule has 28 heavy (non-hydrogen) atoms.